The van der Waals surface area contributed by atoms with Gasteiger partial charge in [0.15, 0.2) is 0 Å². The van der Waals surface area contributed by atoms with Crippen molar-refractivity contribution in [2.75, 3.05) is 0 Å². The highest BCUT2D eigenvalue weighted by Crippen LogP contribution is 2.67. The molecule has 4 saturated carbocycles. The predicted octanol–water partition coefficient (Wildman–Crippen LogP) is 4.39. The molecule has 4 fully saturated rings. The van der Waals surface area contributed by atoms with E-state index in [2.05, 4.69) is 13.8 Å². The average Bonchev–Trinajstić information content (AvgIpc) is 2.85. The summed E-state index contributed by atoms with van der Waals surface area (Å²) in [6.07, 6.45) is 11.1. The van der Waals surface area contributed by atoms with Gasteiger partial charge in [-0.2, -0.15) is 0 Å². The quantitative estimate of drug-likeness (QED) is 0.752. The van der Waals surface area contributed by atoms with E-state index in [4.69, 9.17) is 0 Å². The molecule has 2 N–H and O–H groups in total. The number of fused-ring (bicyclic) bond motifs is 5. The van der Waals surface area contributed by atoms with Gasteiger partial charge in [-0.3, -0.25) is 0 Å². The van der Waals surface area contributed by atoms with Gasteiger partial charge in [-0.25, -0.2) is 0 Å². The third-order valence-corrected chi connectivity index (χ3v) is 9.29. The molecule has 0 aromatic rings. The van der Waals surface area contributed by atoms with Crippen molar-refractivity contribution in [3.63, 3.8) is 0 Å². The smallest absolute Gasteiger partial charge is 0.0545 e. The average molecular weight is 321 g/mol. The van der Waals surface area contributed by atoms with Gasteiger partial charge in [-0.15, -0.1) is 0 Å². The number of rotatable bonds is 1. The molecule has 4 rings (SSSR count). The van der Waals surface area contributed by atoms with Crippen LogP contribution in [0.1, 0.15) is 78.6 Å². The van der Waals surface area contributed by atoms with E-state index in [1.807, 2.05) is 6.92 Å². The van der Waals surface area contributed by atoms with Crippen molar-refractivity contribution < 1.29 is 10.2 Å². The van der Waals surface area contributed by atoms with E-state index in [-0.39, 0.29) is 12.2 Å². The highest BCUT2D eigenvalue weighted by molar-refractivity contribution is 5.09. The molecular formula is C21H36O2. The third kappa shape index (κ3) is 2.27. The van der Waals surface area contributed by atoms with Crippen LogP contribution in [0.5, 0.6) is 0 Å². The normalized spacial score (nSPS) is 57.3. The van der Waals surface area contributed by atoms with Gasteiger partial charge in [-0.05, 0) is 105 Å². The maximum atomic E-state index is 10.3. The van der Waals surface area contributed by atoms with E-state index in [0.29, 0.717) is 16.7 Å². The van der Waals surface area contributed by atoms with Crippen molar-refractivity contribution in [3.05, 3.63) is 0 Å². The Balaban J connectivity index is 1.60. The van der Waals surface area contributed by atoms with E-state index in [1.165, 1.54) is 44.9 Å². The van der Waals surface area contributed by atoms with E-state index >= 15 is 0 Å². The first-order valence-electron chi connectivity index (χ1n) is 10.2. The molecular weight excluding hydrogens is 284 g/mol. The van der Waals surface area contributed by atoms with Crippen LogP contribution in [0.2, 0.25) is 0 Å². The molecule has 4 aliphatic carbocycles. The highest BCUT2D eigenvalue weighted by atomic mass is 16.3. The van der Waals surface area contributed by atoms with Crippen molar-refractivity contribution in [3.8, 4) is 0 Å². The summed E-state index contributed by atoms with van der Waals surface area (Å²) in [4.78, 5) is 0. The topological polar surface area (TPSA) is 40.5 Å². The Kier molecular flexibility index (Phi) is 3.89. The maximum absolute atomic E-state index is 10.3. The van der Waals surface area contributed by atoms with Gasteiger partial charge in [0.25, 0.3) is 0 Å². The molecule has 2 heteroatoms. The second-order valence-corrected chi connectivity index (χ2v) is 10.1. The summed E-state index contributed by atoms with van der Waals surface area (Å²) >= 11 is 0. The molecule has 0 aliphatic heterocycles. The largest absolute Gasteiger partial charge is 0.393 e. The van der Waals surface area contributed by atoms with E-state index in [9.17, 15) is 10.2 Å². The van der Waals surface area contributed by atoms with Gasteiger partial charge in [0.05, 0.1) is 12.2 Å². The van der Waals surface area contributed by atoms with Crippen LogP contribution in [0.4, 0.5) is 0 Å². The SMILES string of the molecule is C[C@H](O)[C@@H]1CC[C@@H]2[C@@H]3CC[C@H]4C[C@H](O)CC[C@]4(C)[C@@H]3CC[C@@]21C. The first kappa shape index (κ1) is 16.4. The number of hydrogen-bond acceptors (Lipinski definition) is 2. The van der Waals surface area contributed by atoms with Crippen LogP contribution >= 0.6 is 0 Å². The van der Waals surface area contributed by atoms with Gasteiger partial charge in [0.1, 0.15) is 0 Å². The number of aliphatic hydroxyl groups is 2. The minimum atomic E-state index is -0.140. The Labute approximate surface area is 142 Å². The lowest BCUT2D eigenvalue weighted by Gasteiger charge is -2.61. The maximum Gasteiger partial charge on any atom is 0.0545 e. The molecule has 0 aromatic carbocycles. The molecule has 0 heterocycles. The Morgan fingerprint density at radius 1 is 0.870 bits per heavy atom. The summed E-state index contributed by atoms with van der Waals surface area (Å²) in [6.45, 7) is 7.08. The van der Waals surface area contributed by atoms with Crippen molar-refractivity contribution in [2.45, 2.75) is 90.8 Å². The van der Waals surface area contributed by atoms with Crippen LogP contribution < -0.4 is 0 Å². The lowest BCUT2D eigenvalue weighted by molar-refractivity contribution is -0.132. The summed E-state index contributed by atoms with van der Waals surface area (Å²) in [5, 5.41) is 20.4. The Morgan fingerprint density at radius 2 is 1.57 bits per heavy atom. The molecule has 9 atom stereocenters. The molecule has 0 saturated heterocycles. The summed E-state index contributed by atoms with van der Waals surface area (Å²) in [5.74, 6) is 3.87. The van der Waals surface area contributed by atoms with Crippen LogP contribution in [-0.4, -0.2) is 22.4 Å². The predicted molar refractivity (Wildman–Crippen MR) is 92.9 cm³/mol. The van der Waals surface area contributed by atoms with Crippen LogP contribution in [0.15, 0.2) is 0 Å². The number of aliphatic hydroxyl groups excluding tert-OH is 2. The summed E-state index contributed by atoms with van der Waals surface area (Å²) < 4.78 is 0. The molecule has 4 aliphatic rings. The second kappa shape index (κ2) is 5.46. The third-order valence-electron chi connectivity index (χ3n) is 9.29. The van der Waals surface area contributed by atoms with Gasteiger partial charge in [-0.1, -0.05) is 13.8 Å². The Morgan fingerprint density at radius 3 is 2.30 bits per heavy atom. The summed E-state index contributed by atoms with van der Waals surface area (Å²) in [7, 11) is 0. The molecule has 0 radical (unpaired) electrons. The summed E-state index contributed by atoms with van der Waals surface area (Å²) in [6, 6.07) is 0. The molecule has 0 unspecified atom stereocenters. The number of hydrogen-bond donors (Lipinski definition) is 2. The zero-order valence-corrected chi connectivity index (χ0v) is 15.3. The molecule has 0 spiro atoms. The fourth-order valence-electron chi connectivity index (χ4n) is 8.07. The zero-order valence-electron chi connectivity index (χ0n) is 15.3. The minimum Gasteiger partial charge on any atom is -0.393 e. The zero-order chi connectivity index (χ0) is 16.4. The van der Waals surface area contributed by atoms with Gasteiger partial charge in [0.2, 0.25) is 0 Å². The monoisotopic (exact) mass is 320 g/mol. The first-order chi connectivity index (χ1) is 10.9. The van der Waals surface area contributed by atoms with Crippen molar-refractivity contribution in [1.82, 2.24) is 0 Å². The summed E-state index contributed by atoms with van der Waals surface area (Å²) in [5.41, 5.74) is 0.860. The highest BCUT2D eigenvalue weighted by Gasteiger charge is 2.60. The van der Waals surface area contributed by atoms with E-state index in [1.54, 1.807) is 0 Å². The van der Waals surface area contributed by atoms with E-state index in [0.717, 1.165) is 36.5 Å². The standard InChI is InChI=1S/C21H36O2/c1-13(22)17-6-7-18-16-5-4-14-12-15(23)8-10-20(14,2)19(16)9-11-21(17,18)3/h13-19,22-23H,4-12H2,1-3H3/t13-,14-,15+,16-,17-,18+,19+,20-,21+/m0/s1. The Bertz CT molecular complexity index is 461. The van der Waals surface area contributed by atoms with Crippen LogP contribution in [-0.2, 0) is 0 Å². The fourth-order valence-corrected chi connectivity index (χ4v) is 8.07. The van der Waals surface area contributed by atoms with Gasteiger partial charge < -0.3 is 10.2 Å². The molecule has 23 heavy (non-hydrogen) atoms. The van der Waals surface area contributed by atoms with Crippen LogP contribution in [0.3, 0.4) is 0 Å². The van der Waals surface area contributed by atoms with Gasteiger partial charge in [0, 0.05) is 0 Å². The molecule has 0 amide bonds. The van der Waals surface area contributed by atoms with Crippen LogP contribution in [0, 0.1) is 40.4 Å². The van der Waals surface area contributed by atoms with Crippen molar-refractivity contribution in [1.29, 1.82) is 0 Å². The van der Waals surface area contributed by atoms with E-state index < -0.39 is 0 Å². The molecule has 0 bridgehead atoms. The lowest BCUT2D eigenvalue weighted by atomic mass is 9.44. The van der Waals surface area contributed by atoms with Crippen molar-refractivity contribution >= 4 is 0 Å². The minimum absolute atomic E-state index is 0.0374. The second-order valence-electron chi connectivity index (χ2n) is 10.1. The first-order valence-corrected chi connectivity index (χ1v) is 10.2. The molecule has 132 valence electrons. The van der Waals surface area contributed by atoms with Gasteiger partial charge >= 0.3 is 0 Å². The Hall–Kier alpha value is -0.0800. The van der Waals surface area contributed by atoms with Crippen LogP contribution in [0.25, 0.3) is 0 Å². The fraction of sp³-hybridized carbons (Fsp3) is 1.00. The molecule has 0 aromatic heterocycles. The lowest BCUT2D eigenvalue weighted by Crippen LogP contribution is -2.54. The molecule has 2 nitrogen and oxygen atoms in total. The van der Waals surface area contributed by atoms with Crippen molar-refractivity contribution in [2.24, 2.45) is 40.4 Å².